The Kier molecular flexibility index (Phi) is 24.9. The summed E-state index contributed by atoms with van der Waals surface area (Å²) in [5, 5.41) is 35.7. The molecule has 1 aliphatic heterocycles. The number of methoxy groups -OCH3 is 1. The summed E-state index contributed by atoms with van der Waals surface area (Å²) < 4.78 is 5.82. The van der Waals surface area contributed by atoms with E-state index >= 15 is 0 Å². The quantitative estimate of drug-likeness (QED) is 0.0495. The molecule has 394 valence electrons. The van der Waals surface area contributed by atoms with Crippen LogP contribution in [-0.2, 0) is 54.3 Å². The second-order valence-corrected chi connectivity index (χ2v) is 18.6. The number of likely N-dealkylation sites (N-methyl/N-ethyl adjacent to an activating group) is 1. The van der Waals surface area contributed by atoms with Crippen molar-refractivity contribution in [3.63, 3.8) is 0 Å². The topological polar surface area (TPSA) is 343 Å². The maximum atomic E-state index is 14.4. The normalized spacial score (nSPS) is 26.4. The lowest BCUT2D eigenvalue weighted by molar-refractivity contribution is -0.146. The van der Waals surface area contributed by atoms with Gasteiger partial charge in [-0.25, -0.2) is 9.59 Å². The molecule has 71 heavy (non-hydrogen) atoms. The largest absolute Gasteiger partial charge is 0.480 e. The number of nitrogens with two attached hydrogens (primary N) is 2. The minimum Gasteiger partial charge on any atom is -0.480 e. The number of amides is 7. The molecule has 1 aromatic carbocycles. The number of carbonyl (C=O) groups excluding carboxylic acids is 7. The highest BCUT2D eigenvalue weighted by Crippen LogP contribution is 2.19. The van der Waals surface area contributed by atoms with E-state index in [0.717, 1.165) is 10.5 Å². The zero-order valence-electron chi connectivity index (χ0n) is 42.5. The summed E-state index contributed by atoms with van der Waals surface area (Å²) in [6, 6.07) is -0.00974. The summed E-state index contributed by atoms with van der Waals surface area (Å²) in [6.07, 6.45) is 4.80. The third-order valence-electron chi connectivity index (χ3n) is 12.3. The Morgan fingerprint density at radius 1 is 0.803 bits per heavy atom. The van der Waals surface area contributed by atoms with Gasteiger partial charge in [0.05, 0.1) is 24.0 Å². The van der Waals surface area contributed by atoms with E-state index in [-0.39, 0.29) is 56.1 Å². The van der Waals surface area contributed by atoms with Crippen LogP contribution in [0.15, 0.2) is 59.1 Å². The summed E-state index contributed by atoms with van der Waals surface area (Å²) in [5.41, 5.74) is 12.8. The number of carbonyl (C=O) groups is 9. The Morgan fingerprint density at radius 3 is 1.99 bits per heavy atom. The molecule has 2 rings (SSSR count). The molecule has 0 saturated carbocycles. The van der Waals surface area contributed by atoms with Gasteiger partial charge < -0.3 is 63.2 Å². The molecule has 22 heteroatoms. The maximum absolute atomic E-state index is 14.4. The van der Waals surface area contributed by atoms with Crippen LogP contribution in [0.4, 0.5) is 0 Å². The lowest BCUT2D eigenvalue weighted by atomic mass is 9.94. The number of rotatable bonds is 15. The molecule has 0 aromatic heterocycles. The molecular formula is C49H76N10O12. The van der Waals surface area contributed by atoms with Gasteiger partial charge in [-0.05, 0) is 64.4 Å². The number of benzene rings is 1. The van der Waals surface area contributed by atoms with Crippen LogP contribution < -0.4 is 43.4 Å². The summed E-state index contributed by atoms with van der Waals surface area (Å²) in [5.74, 6) is -12.1. The minimum atomic E-state index is -1.87. The van der Waals surface area contributed by atoms with E-state index in [1.54, 1.807) is 34.0 Å². The average molecular weight is 997 g/mol. The van der Waals surface area contributed by atoms with E-state index in [2.05, 4.69) is 36.9 Å². The molecule has 0 spiro atoms. The van der Waals surface area contributed by atoms with Crippen molar-refractivity contribution in [3.05, 3.63) is 59.7 Å². The number of hydrogen-bond donors (Lipinski definition) is 10. The van der Waals surface area contributed by atoms with Crippen molar-refractivity contribution in [2.45, 2.75) is 142 Å². The number of carboxylic acids is 2. The molecule has 0 bridgehead atoms. The van der Waals surface area contributed by atoms with E-state index in [0.29, 0.717) is 12.0 Å². The molecule has 22 nitrogen and oxygen atoms in total. The van der Waals surface area contributed by atoms with Gasteiger partial charge in [-0.1, -0.05) is 88.8 Å². The number of ether oxygens (including phenoxy) is 1. The molecule has 1 aliphatic rings. The molecule has 1 heterocycles. The highest BCUT2D eigenvalue weighted by molar-refractivity contribution is 5.97. The number of nitrogens with zero attached hydrogens (tertiary/aromatic N) is 2. The zero-order valence-corrected chi connectivity index (χ0v) is 42.5. The minimum absolute atomic E-state index is 0.0237. The monoisotopic (exact) mass is 997 g/mol. The molecule has 0 unspecified atom stereocenters. The number of hydrogen-bond acceptors (Lipinski definition) is 11. The average Bonchev–Trinajstić information content (AvgIpc) is 3.31. The standard InChI is InChI=1S/C49H76N10O12/c1-26(2)23-37-46(66)58-40(48(69)70)30(6)42(62)55-35(17-14-22-52-49(50)51)45(65)54-34(19-18-27(3)24-28(4)38(71-10)25-33-15-12-11-13-16-33)29(5)41(61)56-36(47(67)68)20-21-39(60)59(9)32(8)44(64)53-31(7)43(63)57-37/h11-13,15-16,18-19,24,26,28-32,34-38,40H,14,17,20-23,25H2,1-10H3,(H,53,64)(H,54,65)(H,55,62)(H,56,61)(H,57,63)(H,58,66)(H,67,68)(H,69,70)(H4,50,51,52)/b19-18+,27-24+/t28-,29-,30-,31+,32-,34-,35-,36+,37-,38-,40+/m0/s1. The molecule has 12 N–H and O–H groups in total. The van der Waals surface area contributed by atoms with Gasteiger partial charge in [0, 0.05) is 33.0 Å². The zero-order chi connectivity index (χ0) is 53.7. The smallest absolute Gasteiger partial charge is 0.327 e. The van der Waals surface area contributed by atoms with Gasteiger partial charge in [-0.3, -0.25) is 38.6 Å². The van der Waals surface area contributed by atoms with Crippen LogP contribution in [0, 0.1) is 23.7 Å². The van der Waals surface area contributed by atoms with Crippen LogP contribution >= 0.6 is 0 Å². The highest BCUT2D eigenvalue weighted by Gasteiger charge is 2.37. The number of nitrogens with one attached hydrogen (secondary N) is 6. The molecule has 1 fully saturated rings. The fourth-order valence-electron chi connectivity index (χ4n) is 7.61. The van der Waals surface area contributed by atoms with E-state index < -0.39 is 114 Å². The number of aliphatic carboxylic acids is 2. The number of carboxylic acid groups (broad SMARTS) is 2. The fraction of sp³-hybridized carbons (Fsp3) is 0.592. The van der Waals surface area contributed by atoms with Crippen LogP contribution in [0.1, 0.15) is 93.1 Å². The van der Waals surface area contributed by atoms with E-state index in [1.807, 2.05) is 43.3 Å². The third kappa shape index (κ3) is 20.2. The van der Waals surface area contributed by atoms with Gasteiger partial charge in [0.1, 0.15) is 36.3 Å². The first-order valence-corrected chi connectivity index (χ1v) is 23.8. The van der Waals surface area contributed by atoms with Gasteiger partial charge >= 0.3 is 11.9 Å². The van der Waals surface area contributed by atoms with Crippen molar-refractivity contribution in [1.82, 2.24) is 36.8 Å². The van der Waals surface area contributed by atoms with E-state index in [1.165, 1.54) is 40.8 Å². The fourth-order valence-corrected chi connectivity index (χ4v) is 7.61. The van der Waals surface area contributed by atoms with Gasteiger partial charge in [-0.2, -0.15) is 0 Å². The van der Waals surface area contributed by atoms with E-state index in [4.69, 9.17) is 16.2 Å². The van der Waals surface area contributed by atoms with Gasteiger partial charge in [-0.15, -0.1) is 0 Å². The number of aliphatic imine (C=N–C) groups is 1. The first-order valence-electron chi connectivity index (χ1n) is 23.8. The first kappa shape index (κ1) is 60.3. The summed E-state index contributed by atoms with van der Waals surface area (Å²) in [6.45, 7) is 12.7. The maximum Gasteiger partial charge on any atom is 0.327 e. The number of allylic oxidation sites excluding steroid dienone is 2. The SMILES string of the molecule is CO[C@@H](Cc1ccccc1)[C@@H](C)/C=C(C)/C=C/[C@@H]1NC(=O)[C@H](CCCN=C(N)N)NC(=O)[C@@H](C)[C@H](C(=O)O)NC(=O)[C@H](CC(C)C)NC(=O)[C@@H](C)NC(=O)[C@H](C)N(C)C(=O)CC[C@H](C(=O)O)NC(=O)[C@H]1C. The number of guanidine groups is 1. The Bertz CT molecular complexity index is 2110. The van der Waals surface area contributed by atoms with Crippen LogP contribution in [0.5, 0.6) is 0 Å². The van der Waals surface area contributed by atoms with Crippen molar-refractivity contribution in [1.29, 1.82) is 0 Å². The molecular weight excluding hydrogens is 921 g/mol. The Hall–Kier alpha value is -6.84. The van der Waals surface area contributed by atoms with Crippen molar-refractivity contribution < 1.29 is 58.1 Å². The summed E-state index contributed by atoms with van der Waals surface area (Å²) in [7, 11) is 2.93. The first-order chi connectivity index (χ1) is 33.3. The molecule has 0 radical (unpaired) electrons. The van der Waals surface area contributed by atoms with Crippen molar-refractivity contribution in [3.8, 4) is 0 Å². The second kappa shape index (κ2) is 29.4. The van der Waals surface area contributed by atoms with Crippen LogP contribution in [0.3, 0.4) is 0 Å². The molecule has 11 atom stereocenters. The van der Waals surface area contributed by atoms with Crippen molar-refractivity contribution in [2.75, 3.05) is 20.7 Å². The van der Waals surface area contributed by atoms with Gasteiger partial charge in [0.15, 0.2) is 5.96 Å². The van der Waals surface area contributed by atoms with Crippen LogP contribution in [0.25, 0.3) is 0 Å². The van der Waals surface area contributed by atoms with Crippen molar-refractivity contribution in [2.24, 2.45) is 40.1 Å². The summed E-state index contributed by atoms with van der Waals surface area (Å²) in [4.78, 5) is 126. The predicted molar refractivity (Wildman–Crippen MR) is 265 cm³/mol. The molecule has 7 amide bonds. The van der Waals surface area contributed by atoms with Gasteiger partial charge in [0.25, 0.3) is 0 Å². The predicted octanol–water partition coefficient (Wildman–Crippen LogP) is 0.493. The Morgan fingerprint density at radius 2 is 1.41 bits per heavy atom. The van der Waals surface area contributed by atoms with E-state index in [9.17, 15) is 53.4 Å². The molecule has 1 aromatic rings. The lowest BCUT2D eigenvalue weighted by Gasteiger charge is -2.28. The van der Waals surface area contributed by atoms with Crippen LogP contribution in [0.2, 0.25) is 0 Å². The van der Waals surface area contributed by atoms with Gasteiger partial charge in [0.2, 0.25) is 41.4 Å². The Balaban J connectivity index is 2.73. The van der Waals surface area contributed by atoms with Crippen molar-refractivity contribution >= 4 is 59.2 Å². The highest BCUT2D eigenvalue weighted by atomic mass is 16.5. The van der Waals surface area contributed by atoms with Crippen LogP contribution in [-0.4, -0.2) is 143 Å². The summed E-state index contributed by atoms with van der Waals surface area (Å²) >= 11 is 0. The third-order valence-corrected chi connectivity index (χ3v) is 12.3. The molecule has 0 aliphatic carbocycles. The second-order valence-electron chi connectivity index (χ2n) is 18.6. The Labute approximate surface area is 416 Å². The lowest BCUT2D eigenvalue weighted by Crippen LogP contribution is -2.59. The molecule has 1 saturated heterocycles.